The van der Waals surface area contributed by atoms with Crippen LogP contribution in [0.4, 0.5) is 0 Å². The highest BCUT2D eigenvalue weighted by molar-refractivity contribution is 6.30. The van der Waals surface area contributed by atoms with Crippen LogP contribution in [0.5, 0.6) is 5.75 Å². The van der Waals surface area contributed by atoms with E-state index in [9.17, 15) is 4.79 Å². The van der Waals surface area contributed by atoms with Crippen LogP contribution in [0.3, 0.4) is 0 Å². The van der Waals surface area contributed by atoms with Crippen LogP contribution in [-0.2, 0) is 17.8 Å². The smallest absolute Gasteiger partial charge is 0.257 e. The second-order valence-electron chi connectivity index (χ2n) is 7.00. The third-order valence-electron chi connectivity index (χ3n) is 4.85. The molecule has 1 heterocycles. The van der Waals surface area contributed by atoms with E-state index in [0.717, 1.165) is 34.0 Å². The van der Waals surface area contributed by atoms with Crippen molar-refractivity contribution in [3.8, 4) is 5.75 Å². The molecule has 0 aliphatic rings. The normalized spacial score (nSPS) is 10.8. The average Bonchev–Trinajstić information content (AvgIpc) is 3.12. The molecule has 3 aromatic carbocycles. The number of imidazole rings is 1. The first kappa shape index (κ1) is 20.0. The molecule has 5 nitrogen and oxygen atoms in total. The number of aromatic amines is 1. The molecule has 0 saturated carbocycles. The Balaban J connectivity index is 1.40. The Morgan fingerprint density at radius 1 is 0.967 bits per heavy atom. The van der Waals surface area contributed by atoms with E-state index in [4.69, 9.17) is 16.3 Å². The Labute approximate surface area is 180 Å². The van der Waals surface area contributed by atoms with Gasteiger partial charge in [0.1, 0.15) is 12.3 Å². The Hall–Kier alpha value is -3.31. The summed E-state index contributed by atoms with van der Waals surface area (Å²) in [6.07, 6.45) is 0.680. The van der Waals surface area contributed by atoms with Gasteiger partial charge >= 0.3 is 0 Å². The van der Waals surface area contributed by atoms with Gasteiger partial charge in [0.05, 0.1) is 6.42 Å². The van der Waals surface area contributed by atoms with E-state index in [2.05, 4.69) is 27.0 Å². The summed E-state index contributed by atoms with van der Waals surface area (Å²) in [6.45, 7) is 1.24. The van der Waals surface area contributed by atoms with Gasteiger partial charge in [0.15, 0.2) is 17.6 Å². The minimum atomic E-state index is -0.140. The molecule has 0 atom stereocenters. The summed E-state index contributed by atoms with van der Waals surface area (Å²) in [5.74, 6) is 1.60. The summed E-state index contributed by atoms with van der Waals surface area (Å²) in [5, 5.41) is 3.65. The number of hydrogen-bond acceptors (Lipinski definition) is 2. The lowest BCUT2D eigenvalue weighted by Crippen LogP contribution is -2.40. The molecular formula is C24H23ClN3O2+. The maximum atomic E-state index is 12.1. The molecule has 0 aliphatic carbocycles. The van der Waals surface area contributed by atoms with Crippen molar-refractivity contribution in [2.45, 2.75) is 13.0 Å². The first-order valence-corrected chi connectivity index (χ1v) is 10.3. The van der Waals surface area contributed by atoms with Gasteiger partial charge in [0, 0.05) is 11.6 Å². The molecule has 0 saturated heterocycles. The van der Waals surface area contributed by atoms with Gasteiger partial charge in [-0.25, -0.2) is 9.55 Å². The predicted octanol–water partition coefficient (Wildman–Crippen LogP) is 3.89. The summed E-state index contributed by atoms with van der Waals surface area (Å²) < 4.78 is 7.74. The predicted molar refractivity (Wildman–Crippen MR) is 118 cm³/mol. The van der Waals surface area contributed by atoms with Gasteiger partial charge in [-0.3, -0.25) is 4.79 Å². The standard InChI is InChI=1S/C24H22ClN3O2/c25-19-12-10-18(11-13-19)16-28-22-9-5-4-8-21(22)27-23(28)14-15-26-24(29)17-30-20-6-2-1-3-7-20/h1-13H,14-17H2,(H,26,29)/p+1. The van der Waals surface area contributed by atoms with Crippen LogP contribution in [0.25, 0.3) is 11.0 Å². The number of rotatable bonds is 8. The molecule has 0 spiro atoms. The lowest BCUT2D eigenvalue weighted by molar-refractivity contribution is -0.669. The highest BCUT2D eigenvalue weighted by Crippen LogP contribution is 2.13. The second-order valence-corrected chi connectivity index (χ2v) is 7.44. The molecular weight excluding hydrogens is 398 g/mol. The third kappa shape index (κ3) is 4.99. The second kappa shape index (κ2) is 9.46. The lowest BCUT2D eigenvalue weighted by atomic mass is 10.2. The Morgan fingerprint density at radius 2 is 1.70 bits per heavy atom. The van der Waals surface area contributed by atoms with Crippen molar-refractivity contribution in [3.63, 3.8) is 0 Å². The molecule has 4 rings (SSSR count). The minimum Gasteiger partial charge on any atom is -0.484 e. The Bertz CT molecular complexity index is 1120. The molecule has 30 heavy (non-hydrogen) atoms. The highest BCUT2D eigenvalue weighted by atomic mass is 35.5. The number of aromatic nitrogens is 2. The van der Waals surface area contributed by atoms with Gasteiger partial charge in [0.2, 0.25) is 0 Å². The quantitative estimate of drug-likeness (QED) is 0.425. The lowest BCUT2D eigenvalue weighted by Gasteiger charge is -2.07. The fraction of sp³-hybridized carbons (Fsp3) is 0.167. The molecule has 1 aromatic heterocycles. The molecule has 0 unspecified atom stereocenters. The maximum Gasteiger partial charge on any atom is 0.257 e. The molecule has 0 fully saturated rings. The number of para-hydroxylation sites is 3. The van der Waals surface area contributed by atoms with E-state index in [-0.39, 0.29) is 12.5 Å². The van der Waals surface area contributed by atoms with Crippen LogP contribution in [0.2, 0.25) is 5.02 Å². The summed E-state index contributed by atoms with van der Waals surface area (Å²) in [7, 11) is 0. The summed E-state index contributed by atoms with van der Waals surface area (Å²) in [5.41, 5.74) is 3.36. The summed E-state index contributed by atoms with van der Waals surface area (Å²) in [6, 6.07) is 25.4. The zero-order chi connectivity index (χ0) is 20.8. The molecule has 1 amide bonds. The van der Waals surface area contributed by atoms with Crippen LogP contribution >= 0.6 is 11.6 Å². The number of carbonyl (C=O) groups excluding carboxylic acids is 1. The van der Waals surface area contributed by atoms with E-state index < -0.39 is 0 Å². The van der Waals surface area contributed by atoms with Crippen molar-refractivity contribution in [1.29, 1.82) is 0 Å². The number of fused-ring (bicyclic) bond motifs is 1. The molecule has 0 aliphatic heterocycles. The molecule has 2 N–H and O–H groups in total. The molecule has 152 valence electrons. The fourth-order valence-electron chi connectivity index (χ4n) is 3.37. The summed E-state index contributed by atoms with van der Waals surface area (Å²) in [4.78, 5) is 15.6. The highest BCUT2D eigenvalue weighted by Gasteiger charge is 2.18. The molecule has 4 aromatic rings. The van der Waals surface area contributed by atoms with Gasteiger partial charge < -0.3 is 10.1 Å². The van der Waals surface area contributed by atoms with Crippen LogP contribution in [-0.4, -0.2) is 24.0 Å². The fourth-order valence-corrected chi connectivity index (χ4v) is 3.50. The van der Waals surface area contributed by atoms with Gasteiger partial charge in [-0.15, -0.1) is 0 Å². The van der Waals surface area contributed by atoms with Crippen LogP contribution < -0.4 is 14.6 Å². The van der Waals surface area contributed by atoms with Crippen molar-refractivity contribution in [1.82, 2.24) is 10.3 Å². The van der Waals surface area contributed by atoms with Crippen molar-refractivity contribution < 1.29 is 14.1 Å². The molecule has 0 bridgehead atoms. The topological polar surface area (TPSA) is 58.0 Å². The SMILES string of the molecule is O=C(COc1ccccc1)NCCc1[nH]c2ccccc2[n+]1Cc1ccc(Cl)cc1. The number of amides is 1. The van der Waals surface area contributed by atoms with Gasteiger partial charge in [-0.1, -0.05) is 54.1 Å². The van der Waals surface area contributed by atoms with Crippen molar-refractivity contribution in [3.05, 3.63) is 95.3 Å². The van der Waals surface area contributed by atoms with Gasteiger partial charge in [0.25, 0.3) is 11.7 Å². The number of hydrogen-bond donors (Lipinski definition) is 2. The summed E-state index contributed by atoms with van der Waals surface area (Å²) >= 11 is 6.02. The van der Waals surface area contributed by atoms with E-state index in [1.807, 2.05) is 66.7 Å². The number of nitrogens with zero attached hydrogens (tertiary/aromatic N) is 1. The van der Waals surface area contributed by atoms with Crippen LogP contribution in [0.15, 0.2) is 78.9 Å². The van der Waals surface area contributed by atoms with Crippen molar-refractivity contribution in [2.24, 2.45) is 0 Å². The number of benzene rings is 3. The average molecular weight is 421 g/mol. The van der Waals surface area contributed by atoms with E-state index in [1.165, 1.54) is 0 Å². The number of nitrogens with one attached hydrogen (secondary N) is 2. The Morgan fingerprint density at radius 3 is 2.50 bits per heavy atom. The number of carbonyl (C=O) groups is 1. The Kier molecular flexibility index (Phi) is 6.30. The van der Waals surface area contributed by atoms with Crippen LogP contribution in [0.1, 0.15) is 11.4 Å². The van der Waals surface area contributed by atoms with Gasteiger partial charge in [-0.05, 0) is 42.0 Å². The van der Waals surface area contributed by atoms with E-state index >= 15 is 0 Å². The zero-order valence-electron chi connectivity index (χ0n) is 16.5. The first-order valence-electron chi connectivity index (χ1n) is 9.87. The monoisotopic (exact) mass is 420 g/mol. The number of ether oxygens (including phenoxy) is 1. The number of halogens is 1. The molecule has 0 radical (unpaired) electrons. The minimum absolute atomic E-state index is 0.00148. The van der Waals surface area contributed by atoms with Gasteiger partial charge in [-0.2, -0.15) is 0 Å². The largest absolute Gasteiger partial charge is 0.484 e. The number of H-pyrrole nitrogens is 1. The van der Waals surface area contributed by atoms with Crippen molar-refractivity contribution >= 4 is 28.5 Å². The molecule has 6 heteroatoms. The van der Waals surface area contributed by atoms with E-state index in [1.54, 1.807) is 0 Å². The van der Waals surface area contributed by atoms with Crippen LogP contribution in [0, 0.1) is 0 Å². The van der Waals surface area contributed by atoms with E-state index in [0.29, 0.717) is 18.7 Å². The maximum absolute atomic E-state index is 12.1. The third-order valence-corrected chi connectivity index (χ3v) is 5.10. The zero-order valence-corrected chi connectivity index (χ0v) is 17.2. The first-order chi connectivity index (χ1) is 14.7. The van der Waals surface area contributed by atoms with Crippen molar-refractivity contribution in [2.75, 3.05) is 13.2 Å².